The summed E-state index contributed by atoms with van der Waals surface area (Å²) in [6.45, 7) is 2.01. The predicted octanol–water partition coefficient (Wildman–Crippen LogP) is 3.54. The third-order valence-corrected chi connectivity index (χ3v) is 4.48. The molecule has 1 atom stereocenters. The molecule has 4 nitrogen and oxygen atoms in total. The number of fused-ring (bicyclic) bond motifs is 3. The summed E-state index contributed by atoms with van der Waals surface area (Å²) in [4.78, 5) is 20.3. The molecule has 4 rings (SSSR count). The zero-order chi connectivity index (χ0) is 14.4. The van der Waals surface area contributed by atoms with E-state index in [0.29, 0.717) is 0 Å². The Hall–Kier alpha value is -2.07. The van der Waals surface area contributed by atoms with Crippen molar-refractivity contribution in [1.82, 2.24) is 14.5 Å². The Kier molecular flexibility index (Phi) is 3.79. The summed E-state index contributed by atoms with van der Waals surface area (Å²) in [7, 11) is 0. The number of para-hydroxylation sites is 1. The minimum Gasteiger partial charge on any atom is -0.348 e. The Balaban J connectivity index is 0.00000144. The van der Waals surface area contributed by atoms with Crippen molar-refractivity contribution in [3.63, 3.8) is 0 Å². The predicted molar refractivity (Wildman–Crippen MR) is 88.7 cm³/mol. The standard InChI is InChI=1S/C17H17N3O.ClH/c1-11-15(19-10-18-11)9-13-6-7-14-8-12-4-2-3-5-16(12)20(14)17(13)21;/h2-5,8,10,13H,6-7,9H2,1H3,(H,18,19);1H. The first kappa shape index (κ1) is 14.9. The number of H-pyrrole nitrogens is 1. The Morgan fingerprint density at radius 3 is 2.95 bits per heavy atom. The van der Waals surface area contributed by atoms with Crippen LogP contribution in [0.15, 0.2) is 36.7 Å². The van der Waals surface area contributed by atoms with Crippen LogP contribution in [0.2, 0.25) is 0 Å². The first-order valence-electron chi connectivity index (χ1n) is 7.36. The van der Waals surface area contributed by atoms with Crippen molar-refractivity contribution in [3.05, 3.63) is 53.7 Å². The number of hydrogen-bond donors (Lipinski definition) is 1. The molecule has 5 heteroatoms. The van der Waals surface area contributed by atoms with E-state index in [4.69, 9.17) is 0 Å². The summed E-state index contributed by atoms with van der Waals surface area (Å²) in [6, 6.07) is 10.2. The summed E-state index contributed by atoms with van der Waals surface area (Å²) >= 11 is 0. The van der Waals surface area contributed by atoms with Crippen molar-refractivity contribution >= 4 is 29.2 Å². The first-order valence-corrected chi connectivity index (χ1v) is 7.36. The minimum atomic E-state index is 0. The van der Waals surface area contributed by atoms with E-state index in [1.807, 2.05) is 29.7 Å². The van der Waals surface area contributed by atoms with Gasteiger partial charge in [0.1, 0.15) is 0 Å². The molecule has 0 aliphatic carbocycles. The number of aryl methyl sites for hydroxylation is 2. The third kappa shape index (κ3) is 2.24. The number of rotatable bonds is 2. The van der Waals surface area contributed by atoms with Gasteiger partial charge in [-0.15, -0.1) is 12.4 Å². The van der Waals surface area contributed by atoms with Crippen molar-refractivity contribution in [2.45, 2.75) is 26.2 Å². The van der Waals surface area contributed by atoms with Crippen molar-refractivity contribution < 1.29 is 4.79 Å². The Morgan fingerprint density at radius 1 is 1.36 bits per heavy atom. The maximum atomic E-state index is 12.9. The zero-order valence-electron chi connectivity index (χ0n) is 12.4. The Labute approximate surface area is 135 Å². The summed E-state index contributed by atoms with van der Waals surface area (Å²) in [5.41, 5.74) is 4.23. The molecule has 0 radical (unpaired) electrons. The molecule has 1 N–H and O–H groups in total. The highest BCUT2D eigenvalue weighted by Crippen LogP contribution is 2.29. The number of carbonyl (C=O) groups is 1. The van der Waals surface area contributed by atoms with Gasteiger partial charge >= 0.3 is 0 Å². The van der Waals surface area contributed by atoms with E-state index in [1.54, 1.807) is 6.33 Å². The molecule has 3 heterocycles. The van der Waals surface area contributed by atoms with Crippen LogP contribution in [0.3, 0.4) is 0 Å². The van der Waals surface area contributed by atoms with Crippen LogP contribution in [0.4, 0.5) is 0 Å². The summed E-state index contributed by atoms with van der Waals surface area (Å²) in [5.74, 6) is 0.232. The van der Waals surface area contributed by atoms with Crippen LogP contribution in [0.5, 0.6) is 0 Å². The monoisotopic (exact) mass is 315 g/mol. The fraction of sp³-hybridized carbons (Fsp3) is 0.294. The first-order chi connectivity index (χ1) is 10.2. The zero-order valence-corrected chi connectivity index (χ0v) is 13.2. The topological polar surface area (TPSA) is 50.7 Å². The third-order valence-electron chi connectivity index (χ3n) is 4.48. The molecule has 0 amide bonds. The van der Waals surface area contributed by atoms with E-state index >= 15 is 0 Å². The lowest BCUT2D eigenvalue weighted by atomic mass is 9.92. The highest BCUT2D eigenvalue weighted by atomic mass is 35.5. The molecule has 22 heavy (non-hydrogen) atoms. The molecule has 0 saturated carbocycles. The van der Waals surface area contributed by atoms with Crippen molar-refractivity contribution in [1.29, 1.82) is 0 Å². The molecule has 1 aromatic carbocycles. The summed E-state index contributed by atoms with van der Waals surface area (Å²) in [5, 5.41) is 1.15. The van der Waals surface area contributed by atoms with Crippen LogP contribution in [-0.4, -0.2) is 20.4 Å². The molecule has 0 saturated heterocycles. The van der Waals surface area contributed by atoms with E-state index in [2.05, 4.69) is 22.1 Å². The second kappa shape index (κ2) is 5.61. The molecule has 0 fully saturated rings. The van der Waals surface area contributed by atoms with Gasteiger partial charge in [-0.25, -0.2) is 4.98 Å². The minimum absolute atomic E-state index is 0. The molecular weight excluding hydrogens is 298 g/mol. The number of nitrogens with zero attached hydrogens (tertiary/aromatic N) is 2. The van der Waals surface area contributed by atoms with E-state index in [1.165, 1.54) is 0 Å². The fourth-order valence-electron chi connectivity index (χ4n) is 3.30. The molecule has 114 valence electrons. The van der Waals surface area contributed by atoms with Gasteiger partial charge in [-0.3, -0.25) is 9.36 Å². The van der Waals surface area contributed by atoms with Crippen LogP contribution in [-0.2, 0) is 12.8 Å². The molecule has 1 aliphatic heterocycles. The van der Waals surface area contributed by atoms with Gasteiger partial charge in [0.2, 0.25) is 5.91 Å². The molecule has 2 aromatic heterocycles. The van der Waals surface area contributed by atoms with Crippen molar-refractivity contribution in [3.8, 4) is 0 Å². The summed E-state index contributed by atoms with van der Waals surface area (Å²) in [6.07, 6.45) is 4.28. The molecule has 1 aliphatic rings. The number of imidazole rings is 1. The number of carbonyl (C=O) groups excluding carboxylic acids is 1. The van der Waals surface area contributed by atoms with Gasteiger partial charge in [-0.05, 0) is 31.9 Å². The second-order valence-corrected chi connectivity index (χ2v) is 5.78. The number of nitrogens with one attached hydrogen (secondary N) is 1. The number of halogens is 1. The van der Waals surface area contributed by atoms with E-state index in [-0.39, 0.29) is 24.2 Å². The van der Waals surface area contributed by atoms with E-state index in [9.17, 15) is 4.79 Å². The van der Waals surface area contributed by atoms with Gasteiger partial charge in [0, 0.05) is 29.1 Å². The fourth-order valence-corrected chi connectivity index (χ4v) is 3.30. The molecule has 3 aromatic rings. The lowest BCUT2D eigenvalue weighted by Gasteiger charge is -2.23. The Bertz CT molecular complexity index is 833. The maximum absolute atomic E-state index is 12.9. The van der Waals surface area contributed by atoms with Crippen LogP contribution in [0.1, 0.15) is 28.3 Å². The van der Waals surface area contributed by atoms with Gasteiger partial charge in [-0.2, -0.15) is 0 Å². The number of benzene rings is 1. The Morgan fingerprint density at radius 2 is 2.18 bits per heavy atom. The lowest BCUT2D eigenvalue weighted by Crippen LogP contribution is -2.30. The van der Waals surface area contributed by atoms with Gasteiger partial charge in [0.25, 0.3) is 0 Å². The average molecular weight is 316 g/mol. The smallest absolute Gasteiger partial charge is 0.234 e. The van der Waals surface area contributed by atoms with Crippen LogP contribution in [0.25, 0.3) is 10.9 Å². The average Bonchev–Trinajstić information content (AvgIpc) is 3.06. The van der Waals surface area contributed by atoms with Crippen LogP contribution < -0.4 is 0 Å². The van der Waals surface area contributed by atoms with Crippen LogP contribution >= 0.6 is 12.4 Å². The highest BCUT2D eigenvalue weighted by molar-refractivity contribution is 5.95. The van der Waals surface area contributed by atoms with Gasteiger partial charge in [0.15, 0.2) is 0 Å². The van der Waals surface area contributed by atoms with Gasteiger partial charge < -0.3 is 4.98 Å². The molecule has 0 spiro atoms. The van der Waals surface area contributed by atoms with Gasteiger partial charge in [-0.1, -0.05) is 18.2 Å². The van der Waals surface area contributed by atoms with E-state index in [0.717, 1.165) is 47.2 Å². The quantitative estimate of drug-likeness (QED) is 0.786. The largest absolute Gasteiger partial charge is 0.348 e. The van der Waals surface area contributed by atoms with Gasteiger partial charge in [0.05, 0.1) is 17.5 Å². The molecule has 1 unspecified atom stereocenters. The molecule has 0 bridgehead atoms. The molecular formula is C17H18ClN3O. The van der Waals surface area contributed by atoms with E-state index < -0.39 is 0 Å². The number of hydrogen-bond acceptors (Lipinski definition) is 2. The van der Waals surface area contributed by atoms with Crippen molar-refractivity contribution in [2.75, 3.05) is 0 Å². The summed E-state index contributed by atoms with van der Waals surface area (Å²) < 4.78 is 1.91. The SMILES string of the molecule is Cc1[nH]cnc1CC1CCc2cc3ccccc3n2C1=O.Cl. The number of aromatic nitrogens is 3. The van der Waals surface area contributed by atoms with Crippen molar-refractivity contribution in [2.24, 2.45) is 5.92 Å². The second-order valence-electron chi connectivity index (χ2n) is 5.78. The highest BCUT2D eigenvalue weighted by Gasteiger charge is 2.29. The normalized spacial score (nSPS) is 17.3. The number of aromatic amines is 1. The maximum Gasteiger partial charge on any atom is 0.234 e. The lowest BCUT2D eigenvalue weighted by molar-refractivity contribution is 0.0808. The van der Waals surface area contributed by atoms with Crippen LogP contribution in [0, 0.1) is 12.8 Å².